The van der Waals surface area contributed by atoms with Crippen LogP contribution in [-0.4, -0.2) is 42.9 Å². The SMILES string of the molecule is COC(=O)c1sccc1NC(=O)C1CCN(C(=O)C(C)C)CC1. The van der Waals surface area contributed by atoms with Crippen LogP contribution in [0.25, 0.3) is 0 Å². The number of esters is 1. The molecule has 7 heteroatoms. The number of piperidine rings is 1. The molecule has 0 bridgehead atoms. The van der Waals surface area contributed by atoms with Gasteiger partial charge in [-0.05, 0) is 24.3 Å². The summed E-state index contributed by atoms with van der Waals surface area (Å²) in [5.74, 6) is -0.585. The third-order valence-electron chi connectivity index (χ3n) is 3.97. The average molecular weight is 338 g/mol. The van der Waals surface area contributed by atoms with Crippen molar-refractivity contribution in [3.05, 3.63) is 16.3 Å². The molecule has 2 amide bonds. The summed E-state index contributed by atoms with van der Waals surface area (Å²) in [5.41, 5.74) is 0.493. The van der Waals surface area contributed by atoms with Crippen molar-refractivity contribution >= 4 is 34.8 Å². The van der Waals surface area contributed by atoms with Gasteiger partial charge in [0.2, 0.25) is 11.8 Å². The van der Waals surface area contributed by atoms with Crippen molar-refractivity contribution in [2.24, 2.45) is 11.8 Å². The lowest BCUT2D eigenvalue weighted by Crippen LogP contribution is -2.43. The number of anilines is 1. The van der Waals surface area contributed by atoms with Crippen LogP contribution in [0.2, 0.25) is 0 Å². The fourth-order valence-electron chi connectivity index (χ4n) is 2.62. The van der Waals surface area contributed by atoms with Gasteiger partial charge in [-0.15, -0.1) is 11.3 Å². The topological polar surface area (TPSA) is 75.7 Å². The van der Waals surface area contributed by atoms with E-state index in [0.717, 1.165) is 0 Å². The normalized spacial score (nSPS) is 15.6. The average Bonchev–Trinajstić information content (AvgIpc) is 3.01. The van der Waals surface area contributed by atoms with Gasteiger partial charge in [-0.1, -0.05) is 13.8 Å². The summed E-state index contributed by atoms with van der Waals surface area (Å²) in [6.45, 7) is 4.96. The molecule has 2 heterocycles. The number of methoxy groups -OCH3 is 1. The monoisotopic (exact) mass is 338 g/mol. The molecule has 23 heavy (non-hydrogen) atoms. The molecule has 0 atom stereocenters. The van der Waals surface area contributed by atoms with E-state index in [1.807, 2.05) is 18.7 Å². The van der Waals surface area contributed by atoms with Crippen molar-refractivity contribution in [1.29, 1.82) is 0 Å². The summed E-state index contributed by atoms with van der Waals surface area (Å²) >= 11 is 1.24. The minimum atomic E-state index is -0.451. The van der Waals surface area contributed by atoms with Crippen molar-refractivity contribution in [3.8, 4) is 0 Å². The van der Waals surface area contributed by atoms with Crippen LogP contribution in [0.5, 0.6) is 0 Å². The molecule has 1 saturated heterocycles. The predicted octanol–water partition coefficient (Wildman–Crippen LogP) is 2.37. The molecule has 1 N–H and O–H groups in total. The van der Waals surface area contributed by atoms with Gasteiger partial charge < -0.3 is 15.0 Å². The van der Waals surface area contributed by atoms with Gasteiger partial charge in [0, 0.05) is 24.9 Å². The maximum Gasteiger partial charge on any atom is 0.350 e. The van der Waals surface area contributed by atoms with E-state index < -0.39 is 5.97 Å². The zero-order chi connectivity index (χ0) is 17.0. The molecule has 1 fully saturated rings. The molecule has 0 aliphatic carbocycles. The molecule has 1 aromatic heterocycles. The molecule has 126 valence electrons. The number of thiophene rings is 1. The van der Waals surface area contributed by atoms with Crippen molar-refractivity contribution in [3.63, 3.8) is 0 Å². The second-order valence-corrected chi connectivity index (χ2v) is 6.81. The van der Waals surface area contributed by atoms with E-state index in [4.69, 9.17) is 4.74 Å². The Balaban J connectivity index is 1.92. The first-order valence-electron chi connectivity index (χ1n) is 7.69. The van der Waals surface area contributed by atoms with Crippen LogP contribution in [-0.2, 0) is 14.3 Å². The number of carbonyl (C=O) groups excluding carboxylic acids is 3. The Morgan fingerprint density at radius 1 is 1.30 bits per heavy atom. The molecule has 1 aromatic rings. The third kappa shape index (κ3) is 4.10. The number of ether oxygens (including phenoxy) is 1. The maximum absolute atomic E-state index is 12.4. The van der Waals surface area contributed by atoms with Crippen LogP contribution in [0.4, 0.5) is 5.69 Å². The van der Waals surface area contributed by atoms with Crippen molar-refractivity contribution in [1.82, 2.24) is 4.90 Å². The predicted molar refractivity (Wildman–Crippen MR) is 88.4 cm³/mol. The summed E-state index contributed by atoms with van der Waals surface area (Å²) in [6.07, 6.45) is 1.28. The first-order valence-corrected chi connectivity index (χ1v) is 8.57. The summed E-state index contributed by atoms with van der Waals surface area (Å²) in [4.78, 5) is 38.2. The Kier molecular flexibility index (Phi) is 5.76. The second kappa shape index (κ2) is 7.59. The third-order valence-corrected chi connectivity index (χ3v) is 4.86. The van der Waals surface area contributed by atoms with Gasteiger partial charge in [0.25, 0.3) is 0 Å². The molecule has 0 spiro atoms. The number of hydrogen-bond donors (Lipinski definition) is 1. The summed E-state index contributed by atoms with van der Waals surface area (Å²) < 4.78 is 4.70. The molecule has 0 saturated carbocycles. The number of hydrogen-bond acceptors (Lipinski definition) is 5. The Morgan fingerprint density at radius 3 is 2.52 bits per heavy atom. The summed E-state index contributed by atoms with van der Waals surface area (Å²) in [5, 5.41) is 4.55. The second-order valence-electron chi connectivity index (χ2n) is 5.90. The molecule has 0 radical (unpaired) electrons. The molecule has 6 nitrogen and oxygen atoms in total. The van der Waals surface area contributed by atoms with Crippen LogP contribution in [0, 0.1) is 11.8 Å². The molecule has 1 aliphatic rings. The van der Waals surface area contributed by atoms with Crippen LogP contribution in [0.15, 0.2) is 11.4 Å². The Labute approximate surface area is 139 Å². The lowest BCUT2D eigenvalue weighted by molar-refractivity contribution is -0.137. The Bertz CT molecular complexity index is 589. The number of nitrogens with zero attached hydrogens (tertiary/aromatic N) is 1. The fourth-order valence-corrected chi connectivity index (χ4v) is 3.39. The van der Waals surface area contributed by atoms with Crippen LogP contribution >= 0.6 is 11.3 Å². The van der Waals surface area contributed by atoms with E-state index in [0.29, 0.717) is 36.5 Å². The standard InChI is InChI=1S/C16H22N2O4S/c1-10(2)15(20)18-7-4-11(5-8-18)14(19)17-12-6-9-23-13(12)16(21)22-3/h6,9-11H,4-5,7-8H2,1-3H3,(H,17,19). The van der Waals surface area contributed by atoms with E-state index in [1.165, 1.54) is 18.4 Å². The van der Waals surface area contributed by atoms with Gasteiger partial charge in [-0.2, -0.15) is 0 Å². The van der Waals surface area contributed by atoms with Crippen LogP contribution in [0.1, 0.15) is 36.4 Å². The molecule has 0 aromatic carbocycles. The summed E-state index contributed by atoms with van der Waals surface area (Å²) in [7, 11) is 1.31. The van der Waals surface area contributed by atoms with E-state index in [-0.39, 0.29) is 23.7 Å². The largest absolute Gasteiger partial charge is 0.465 e. The van der Waals surface area contributed by atoms with Crippen LogP contribution < -0.4 is 5.32 Å². The molecule has 0 unspecified atom stereocenters. The Morgan fingerprint density at radius 2 is 1.96 bits per heavy atom. The smallest absolute Gasteiger partial charge is 0.350 e. The van der Waals surface area contributed by atoms with Gasteiger partial charge in [0.1, 0.15) is 4.88 Å². The van der Waals surface area contributed by atoms with E-state index in [9.17, 15) is 14.4 Å². The highest BCUT2D eigenvalue weighted by molar-refractivity contribution is 7.12. The lowest BCUT2D eigenvalue weighted by atomic mass is 9.95. The zero-order valence-corrected chi connectivity index (χ0v) is 14.4. The number of likely N-dealkylation sites (tertiary alicyclic amines) is 1. The first kappa shape index (κ1) is 17.5. The number of carbonyl (C=O) groups is 3. The minimum Gasteiger partial charge on any atom is -0.465 e. The fraction of sp³-hybridized carbons (Fsp3) is 0.562. The Hall–Kier alpha value is -1.89. The summed E-state index contributed by atoms with van der Waals surface area (Å²) in [6, 6.07) is 1.70. The van der Waals surface area contributed by atoms with Gasteiger partial charge in [0.15, 0.2) is 0 Å². The number of nitrogens with one attached hydrogen (secondary N) is 1. The number of amides is 2. The van der Waals surface area contributed by atoms with E-state index in [1.54, 1.807) is 11.4 Å². The quantitative estimate of drug-likeness (QED) is 0.855. The number of rotatable bonds is 4. The maximum atomic E-state index is 12.4. The zero-order valence-electron chi connectivity index (χ0n) is 13.6. The molecular weight excluding hydrogens is 316 g/mol. The first-order chi connectivity index (χ1) is 10.9. The van der Waals surface area contributed by atoms with E-state index in [2.05, 4.69) is 5.32 Å². The highest BCUT2D eigenvalue weighted by atomic mass is 32.1. The van der Waals surface area contributed by atoms with Crippen molar-refractivity contribution < 1.29 is 19.1 Å². The van der Waals surface area contributed by atoms with Crippen LogP contribution in [0.3, 0.4) is 0 Å². The van der Waals surface area contributed by atoms with Gasteiger partial charge in [0.05, 0.1) is 12.8 Å². The van der Waals surface area contributed by atoms with Crippen molar-refractivity contribution in [2.75, 3.05) is 25.5 Å². The minimum absolute atomic E-state index is 0.0196. The van der Waals surface area contributed by atoms with Gasteiger partial charge >= 0.3 is 5.97 Å². The highest BCUT2D eigenvalue weighted by Crippen LogP contribution is 2.26. The molecule has 1 aliphatic heterocycles. The molecular formula is C16H22N2O4S. The van der Waals surface area contributed by atoms with E-state index >= 15 is 0 Å². The highest BCUT2D eigenvalue weighted by Gasteiger charge is 2.29. The van der Waals surface area contributed by atoms with Crippen molar-refractivity contribution in [2.45, 2.75) is 26.7 Å². The lowest BCUT2D eigenvalue weighted by Gasteiger charge is -2.32. The van der Waals surface area contributed by atoms with Gasteiger partial charge in [-0.3, -0.25) is 9.59 Å². The van der Waals surface area contributed by atoms with Gasteiger partial charge in [-0.25, -0.2) is 4.79 Å². The molecule has 2 rings (SSSR count).